The zero-order valence-corrected chi connectivity index (χ0v) is 12.8. The van der Waals surface area contributed by atoms with Gasteiger partial charge < -0.3 is 24.4 Å². The monoisotopic (exact) mass is 309 g/mol. The van der Waals surface area contributed by atoms with Crippen LogP contribution in [0.15, 0.2) is 30.3 Å². The van der Waals surface area contributed by atoms with E-state index in [0.29, 0.717) is 6.61 Å². The SMILES string of the molecule is CC1(C)NC2C(OC(C(O)CO)C2OCc2ccccc2)O1. The van der Waals surface area contributed by atoms with Crippen LogP contribution in [0.5, 0.6) is 0 Å². The lowest BCUT2D eigenvalue weighted by atomic mass is 10.0. The van der Waals surface area contributed by atoms with Crippen LogP contribution >= 0.6 is 0 Å². The Morgan fingerprint density at radius 1 is 1.32 bits per heavy atom. The van der Waals surface area contributed by atoms with Crippen molar-refractivity contribution in [3.63, 3.8) is 0 Å². The molecule has 0 spiro atoms. The van der Waals surface area contributed by atoms with E-state index >= 15 is 0 Å². The fraction of sp³-hybridized carbons (Fsp3) is 0.625. The number of hydrogen-bond donors (Lipinski definition) is 3. The molecule has 0 radical (unpaired) electrons. The molecule has 22 heavy (non-hydrogen) atoms. The molecule has 2 aliphatic rings. The molecule has 0 saturated carbocycles. The highest BCUT2D eigenvalue weighted by Gasteiger charge is 2.55. The maximum Gasteiger partial charge on any atom is 0.178 e. The molecule has 2 fully saturated rings. The van der Waals surface area contributed by atoms with Gasteiger partial charge in [0.05, 0.1) is 19.3 Å². The topological polar surface area (TPSA) is 80.2 Å². The average Bonchev–Trinajstić information content (AvgIpc) is 2.97. The average molecular weight is 309 g/mol. The minimum absolute atomic E-state index is 0.176. The van der Waals surface area contributed by atoms with E-state index in [4.69, 9.17) is 14.2 Å². The van der Waals surface area contributed by atoms with Gasteiger partial charge in [-0.2, -0.15) is 0 Å². The summed E-state index contributed by atoms with van der Waals surface area (Å²) in [4.78, 5) is 0. The first-order valence-corrected chi connectivity index (χ1v) is 7.55. The van der Waals surface area contributed by atoms with E-state index in [9.17, 15) is 10.2 Å². The van der Waals surface area contributed by atoms with Crippen LogP contribution in [0, 0.1) is 0 Å². The van der Waals surface area contributed by atoms with Crippen LogP contribution in [0.4, 0.5) is 0 Å². The first kappa shape index (κ1) is 15.9. The third-order valence-electron chi connectivity index (χ3n) is 4.04. The third kappa shape index (κ3) is 3.17. The predicted octanol–water partition coefficient (Wildman–Crippen LogP) is 0.374. The van der Waals surface area contributed by atoms with Gasteiger partial charge in [0.15, 0.2) is 6.29 Å². The zero-order valence-electron chi connectivity index (χ0n) is 12.8. The standard InChI is InChI=1S/C16H23NO5/c1-16(2)17-12-14(20-9-10-6-4-3-5-7-10)13(11(19)8-18)21-15(12)22-16/h3-7,11-15,17-19H,8-9H2,1-2H3. The van der Waals surface area contributed by atoms with Crippen molar-refractivity contribution in [3.05, 3.63) is 35.9 Å². The highest BCUT2D eigenvalue weighted by Crippen LogP contribution is 2.35. The van der Waals surface area contributed by atoms with Crippen molar-refractivity contribution >= 4 is 0 Å². The van der Waals surface area contributed by atoms with Gasteiger partial charge in [-0.1, -0.05) is 30.3 Å². The summed E-state index contributed by atoms with van der Waals surface area (Å²) in [5.41, 5.74) is 0.542. The molecule has 0 aromatic heterocycles. The normalized spacial score (nSPS) is 34.5. The molecular weight excluding hydrogens is 286 g/mol. The number of nitrogens with one attached hydrogen (secondary N) is 1. The van der Waals surface area contributed by atoms with E-state index < -0.39 is 30.3 Å². The molecule has 0 amide bonds. The minimum Gasteiger partial charge on any atom is -0.394 e. The van der Waals surface area contributed by atoms with Crippen LogP contribution in [0.1, 0.15) is 19.4 Å². The zero-order chi connectivity index (χ0) is 15.7. The molecule has 0 bridgehead atoms. The second kappa shape index (κ2) is 6.23. The van der Waals surface area contributed by atoms with Crippen LogP contribution < -0.4 is 5.32 Å². The maximum atomic E-state index is 9.97. The largest absolute Gasteiger partial charge is 0.394 e. The molecule has 6 nitrogen and oxygen atoms in total. The van der Waals surface area contributed by atoms with E-state index in [1.807, 2.05) is 44.2 Å². The van der Waals surface area contributed by atoms with Crippen molar-refractivity contribution in [2.45, 2.75) is 56.8 Å². The Balaban J connectivity index is 1.71. The molecule has 2 aliphatic heterocycles. The lowest BCUT2D eigenvalue weighted by molar-refractivity contribution is -0.190. The van der Waals surface area contributed by atoms with Gasteiger partial charge in [0.2, 0.25) is 0 Å². The predicted molar refractivity (Wildman–Crippen MR) is 78.9 cm³/mol. The quantitative estimate of drug-likeness (QED) is 0.729. The van der Waals surface area contributed by atoms with Crippen molar-refractivity contribution in [2.24, 2.45) is 0 Å². The summed E-state index contributed by atoms with van der Waals surface area (Å²) in [6, 6.07) is 9.63. The lowest BCUT2D eigenvalue weighted by Crippen LogP contribution is -2.50. The molecule has 5 unspecified atom stereocenters. The fourth-order valence-corrected chi connectivity index (χ4v) is 3.03. The number of aliphatic hydroxyl groups is 2. The van der Waals surface area contributed by atoms with Crippen molar-refractivity contribution in [1.82, 2.24) is 5.32 Å². The second-order valence-electron chi connectivity index (χ2n) is 6.28. The van der Waals surface area contributed by atoms with Gasteiger partial charge in [0.25, 0.3) is 0 Å². The van der Waals surface area contributed by atoms with Gasteiger partial charge in [-0.05, 0) is 19.4 Å². The summed E-state index contributed by atoms with van der Waals surface area (Å²) in [5.74, 6) is 0. The molecule has 0 aliphatic carbocycles. The van der Waals surface area contributed by atoms with Crippen molar-refractivity contribution in [3.8, 4) is 0 Å². The Morgan fingerprint density at radius 3 is 2.73 bits per heavy atom. The Hall–Kier alpha value is -1.02. The van der Waals surface area contributed by atoms with Gasteiger partial charge in [-0.25, -0.2) is 0 Å². The summed E-state index contributed by atoms with van der Waals surface area (Å²) < 4.78 is 17.5. The molecule has 122 valence electrons. The molecule has 6 heteroatoms. The summed E-state index contributed by atoms with van der Waals surface area (Å²) in [6.07, 6.45) is -2.50. The molecule has 2 saturated heterocycles. The van der Waals surface area contributed by atoms with E-state index in [1.165, 1.54) is 0 Å². The van der Waals surface area contributed by atoms with Crippen LogP contribution in [0.2, 0.25) is 0 Å². The fourth-order valence-electron chi connectivity index (χ4n) is 3.03. The number of rotatable bonds is 5. The van der Waals surface area contributed by atoms with Crippen LogP contribution in [-0.2, 0) is 20.8 Å². The molecule has 1 aromatic rings. The Bertz CT molecular complexity index is 495. The van der Waals surface area contributed by atoms with Crippen molar-refractivity contribution < 1.29 is 24.4 Å². The van der Waals surface area contributed by atoms with Crippen LogP contribution in [0.3, 0.4) is 0 Å². The van der Waals surface area contributed by atoms with Gasteiger partial charge in [-0.15, -0.1) is 0 Å². The summed E-state index contributed by atoms with van der Waals surface area (Å²) in [5, 5.41) is 22.5. The van der Waals surface area contributed by atoms with Gasteiger partial charge in [0, 0.05) is 0 Å². The minimum atomic E-state index is -1.00. The van der Waals surface area contributed by atoms with E-state index in [1.54, 1.807) is 0 Å². The molecular formula is C16H23NO5. The number of hydrogen-bond acceptors (Lipinski definition) is 6. The third-order valence-corrected chi connectivity index (χ3v) is 4.04. The molecule has 1 aromatic carbocycles. The number of ether oxygens (including phenoxy) is 3. The summed E-state index contributed by atoms with van der Waals surface area (Å²) in [6.45, 7) is 3.87. The smallest absolute Gasteiger partial charge is 0.178 e. The first-order valence-electron chi connectivity index (χ1n) is 7.55. The van der Waals surface area contributed by atoms with E-state index in [2.05, 4.69) is 5.32 Å². The van der Waals surface area contributed by atoms with E-state index in [0.717, 1.165) is 5.56 Å². The molecule has 2 heterocycles. The highest BCUT2D eigenvalue weighted by atomic mass is 16.7. The first-order chi connectivity index (χ1) is 10.5. The number of benzene rings is 1. The van der Waals surface area contributed by atoms with Crippen LogP contribution in [0.25, 0.3) is 0 Å². The Morgan fingerprint density at radius 2 is 2.05 bits per heavy atom. The van der Waals surface area contributed by atoms with Gasteiger partial charge in [-0.3, -0.25) is 5.32 Å². The summed E-state index contributed by atoms with van der Waals surface area (Å²) >= 11 is 0. The number of fused-ring (bicyclic) bond motifs is 1. The number of aliphatic hydroxyl groups excluding tert-OH is 2. The van der Waals surface area contributed by atoms with Crippen molar-refractivity contribution in [2.75, 3.05) is 6.61 Å². The second-order valence-corrected chi connectivity index (χ2v) is 6.28. The van der Waals surface area contributed by atoms with E-state index in [-0.39, 0.29) is 12.6 Å². The van der Waals surface area contributed by atoms with Gasteiger partial charge >= 0.3 is 0 Å². The highest BCUT2D eigenvalue weighted by molar-refractivity contribution is 5.14. The molecule has 5 atom stereocenters. The Labute approximate surface area is 130 Å². The van der Waals surface area contributed by atoms with Gasteiger partial charge in [0.1, 0.15) is 24.0 Å². The Kier molecular flexibility index (Phi) is 4.49. The van der Waals surface area contributed by atoms with Crippen molar-refractivity contribution in [1.29, 1.82) is 0 Å². The molecule has 3 N–H and O–H groups in total. The molecule has 3 rings (SSSR count). The van der Waals surface area contributed by atoms with Crippen LogP contribution in [-0.4, -0.2) is 53.2 Å². The summed E-state index contributed by atoms with van der Waals surface area (Å²) in [7, 11) is 0. The lowest BCUT2D eigenvalue weighted by Gasteiger charge is -2.28. The maximum absolute atomic E-state index is 9.97.